The minimum atomic E-state index is 0.0665. The summed E-state index contributed by atoms with van der Waals surface area (Å²) in [7, 11) is 0. The van der Waals surface area contributed by atoms with Gasteiger partial charge in [0.1, 0.15) is 5.82 Å². The maximum Gasteiger partial charge on any atom is 0.255 e. The molecule has 5 nitrogen and oxygen atoms in total. The quantitative estimate of drug-likeness (QED) is 0.811. The molecule has 1 aliphatic rings. The molecule has 0 radical (unpaired) electrons. The topological polar surface area (TPSA) is 50.5 Å². The van der Waals surface area contributed by atoms with Gasteiger partial charge in [-0.25, -0.2) is 0 Å². The SMILES string of the molecule is C=CCN(C(=O)c1ccc2nnc(C)n2c1)C1CCCC1. The number of amides is 1. The van der Waals surface area contributed by atoms with Crippen molar-refractivity contribution in [3.05, 3.63) is 42.4 Å². The van der Waals surface area contributed by atoms with Gasteiger partial charge in [0.2, 0.25) is 0 Å². The lowest BCUT2D eigenvalue weighted by Crippen LogP contribution is -2.39. The standard InChI is InChI=1S/C16H20N4O/c1-3-10-19(14-6-4-5-7-14)16(21)13-8-9-15-18-17-12(2)20(15)11-13/h3,8-9,11,14H,1,4-7,10H2,2H3. The van der Waals surface area contributed by atoms with Gasteiger partial charge < -0.3 is 4.90 Å². The number of carbonyl (C=O) groups excluding carboxylic acids is 1. The molecule has 2 heterocycles. The van der Waals surface area contributed by atoms with E-state index in [1.165, 1.54) is 12.8 Å². The zero-order valence-electron chi connectivity index (χ0n) is 12.3. The maximum atomic E-state index is 12.8. The summed E-state index contributed by atoms with van der Waals surface area (Å²) in [6.45, 7) is 6.27. The molecule has 0 bridgehead atoms. The van der Waals surface area contributed by atoms with Crippen molar-refractivity contribution < 1.29 is 4.79 Å². The van der Waals surface area contributed by atoms with E-state index in [1.807, 2.05) is 34.6 Å². The van der Waals surface area contributed by atoms with Gasteiger partial charge >= 0.3 is 0 Å². The molecule has 3 rings (SSSR count). The van der Waals surface area contributed by atoms with Gasteiger partial charge in [0, 0.05) is 18.8 Å². The van der Waals surface area contributed by atoms with Crippen molar-refractivity contribution in [2.45, 2.75) is 38.6 Å². The van der Waals surface area contributed by atoms with Crippen LogP contribution >= 0.6 is 0 Å². The monoisotopic (exact) mass is 284 g/mol. The molecule has 0 atom stereocenters. The summed E-state index contributed by atoms with van der Waals surface area (Å²) in [6.07, 6.45) is 8.22. The van der Waals surface area contributed by atoms with E-state index in [0.29, 0.717) is 18.2 Å². The highest BCUT2D eigenvalue weighted by molar-refractivity contribution is 5.94. The maximum absolute atomic E-state index is 12.8. The molecule has 0 N–H and O–H groups in total. The van der Waals surface area contributed by atoms with Gasteiger partial charge in [-0.1, -0.05) is 18.9 Å². The van der Waals surface area contributed by atoms with Crippen LogP contribution in [-0.4, -0.2) is 38.0 Å². The first-order valence-corrected chi connectivity index (χ1v) is 7.44. The zero-order valence-corrected chi connectivity index (χ0v) is 12.3. The van der Waals surface area contributed by atoms with Crippen LogP contribution in [0.1, 0.15) is 41.9 Å². The minimum absolute atomic E-state index is 0.0665. The second-order valence-corrected chi connectivity index (χ2v) is 5.58. The first-order valence-electron chi connectivity index (χ1n) is 7.44. The predicted octanol–water partition coefficient (Wildman–Crippen LogP) is 2.61. The summed E-state index contributed by atoms with van der Waals surface area (Å²) in [5.41, 5.74) is 1.44. The van der Waals surface area contributed by atoms with Crippen LogP contribution in [0.3, 0.4) is 0 Å². The fourth-order valence-electron chi connectivity index (χ4n) is 3.05. The highest BCUT2D eigenvalue weighted by Gasteiger charge is 2.26. The van der Waals surface area contributed by atoms with E-state index in [2.05, 4.69) is 16.8 Å². The molecule has 1 amide bonds. The first kappa shape index (κ1) is 13.8. The lowest BCUT2D eigenvalue weighted by atomic mass is 10.1. The van der Waals surface area contributed by atoms with E-state index >= 15 is 0 Å². The lowest BCUT2D eigenvalue weighted by Gasteiger charge is -2.28. The number of hydrogen-bond donors (Lipinski definition) is 0. The van der Waals surface area contributed by atoms with Crippen LogP contribution in [0.2, 0.25) is 0 Å². The third-order valence-electron chi connectivity index (χ3n) is 4.17. The summed E-state index contributed by atoms with van der Waals surface area (Å²) >= 11 is 0. The molecular formula is C16H20N4O. The van der Waals surface area contributed by atoms with Crippen molar-refractivity contribution in [1.29, 1.82) is 0 Å². The van der Waals surface area contributed by atoms with Crippen molar-refractivity contribution in [3.8, 4) is 0 Å². The molecule has 0 spiro atoms. The number of pyridine rings is 1. The number of nitrogens with zero attached hydrogens (tertiary/aromatic N) is 4. The van der Waals surface area contributed by atoms with Crippen molar-refractivity contribution in [2.75, 3.05) is 6.54 Å². The van der Waals surface area contributed by atoms with E-state index < -0.39 is 0 Å². The van der Waals surface area contributed by atoms with Crippen LogP contribution in [0.15, 0.2) is 31.0 Å². The number of aromatic nitrogens is 3. The molecule has 0 aliphatic heterocycles. The highest BCUT2D eigenvalue weighted by atomic mass is 16.2. The summed E-state index contributed by atoms with van der Waals surface area (Å²) in [6, 6.07) is 4.01. The van der Waals surface area contributed by atoms with Gasteiger partial charge in [0.25, 0.3) is 5.91 Å². The molecule has 1 aliphatic carbocycles. The number of rotatable bonds is 4. The van der Waals surface area contributed by atoms with Crippen LogP contribution in [-0.2, 0) is 0 Å². The van der Waals surface area contributed by atoms with Gasteiger partial charge in [-0.15, -0.1) is 16.8 Å². The Hall–Kier alpha value is -2.17. The van der Waals surface area contributed by atoms with Crippen molar-refractivity contribution in [3.63, 3.8) is 0 Å². The van der Waals surface area contributed by atoms with Crippen LogP contribution in [0, 0.1) is 6.92 Å². The smallest absolute Gasteiger partial charge is 0.255 e. The number of aryl methyl sites for hydroxylation is 1. The third kappa shape index (κ3) is 2.55. The fourth-order valence-corrected chi connectivity index (χ4v) is 3.05. The zero-order chi connectivity index (χ0) is 14.8. The predicted molar refractivity (Wildman–Crippen MR) is 81.2 cm³/mol. The molecule has 1 saturated carbocycles. The van der Waals surface area contributed by atoms with Gasteiger partial charge in [0.05, 0.1) is 5.56 Å². The molecule has 2 aromatic heterocycles. The minimum Gasteiger partial charge on any atom is -0.332 e. The average molecular weight is 284 g/mol. The summed E-state index contributed by atoms with van der Waals surface area (Å²) in [4.78, 5) is 14.8. The van der Waals surface area contributed by atoms with E-state index in [-0.39, 0.29) is 5.91 Å². The Morgan fingerprint density at radius 2 is 2.19 bits per heavy atom. The summed E-state index contributed by atoms with van der Waals surface area (Å²) in [5.74, 6) is 0.854. The van der Waals surface area contributed by atoms with Gasteiger partial charge in [-0.2, -0.15) is 0 Å². The van der Waals surface area contributed by atoms with Crippen LogP contribution < -0.4 is 0 Å². The van der Waals surface area contributed by atoms with Gasteiger partial charge in [-0.05, 0) is 31.9 Å². The number of fused-ring (bicyclic) bond motifs is 1. The van der Waals surface area contributed by atoms with Gasteiger partial charge in [0.15, 0.2) is 5.65 Å². The summed E-state index contributed by atoms with van der Waals surface area (Å²) < 4.78 is 1.86. The molecule has 5 heteroatoms. The van der Waals surface area contributed by atoms with Crippen LogP contribution in [0.4, 0.5) is 0 Å². The molecule has 0 unspecified atom stereocenters. The van der Waals surface area contributed by atoms with Crippen molar-refractivity contribution >= 4 is 11.6 Å². The largest absolute Gasteiger partial charge is 0.332 e. The Balaban J connectivity index is 1.92. The molecular weight excluding hydrogens is 264 g/mol. The first-order chi connectivity index (χ1) is 10.2. The molecule has 110 valence electrons. The van der Waals surface area contributed by atoms with Crippen LogP contribution in [0.25, 0.3) is 5.65 Å². The molecule has 0 aromatic carbocycles. The Kier molecular flexibility index (Phi) is 3.73. The highest BCUT2D eigenvalue weighted by Crippen LogP contribution is 2.25. The van der Waals surface area contributed by atoms with Crippen LogP contribution in [0.5, 0.6) is 0 Å². The molecule has 21 heavy (non-hydrogen) atoms. The number of carbonyl (C=O) groups is 1. The molecule has 1 fully saturated rings. The Labute approximate surface area is 124 Å². The fraction of sp³-hybridized carbons (Fsp3) is 0.438. The van der Waals surface area contributed by atoms with Crippen molar-refractivity contribution in [2.24, 2.45) is 0 Å². The second-order valence-electron chi connectivity index (χ2n) is 5.58. The Bertz CT molecular complexity index is 670. The van der Waals surface area contributed by atoms with Gasteiger partial charge in [-0.3, -0.25) is 9.20 Å². The number of hydrogen-bond acceptors (Lipinski definition) is 3. The van der Waals surface area contributed by atoms with E-state index in [4.69, 9.17) is 0 Å². The average Bonchev–Trinajstić information content (AvgIpc) is 3.14. The van der Waals surface area contributed by atoms with E-state index in [1.54, 1.807) is 6.08 Å². The Morgan fingerprint density at radius 1 is 1.43 bits per heavy atom. The van der Waals surface area contributed by atoms with E-state index in [9.17, 15) is 4.79 Å². The molecule has 2 aromatic rings. The Morgan fingerprint density at radius 3 is 2.90 bits per heavy atom. The van der Waals surface area contributed by atoms with E-state index in [0.717, 1.165) is 24.3 Å². The summed E-state index contributed by atoms with van der Waals surface area (Å²) in [5, 5.41) is 8.08. The lowest BCUT2D eigenvalue weighted by molar-refractivity contribution is 0.0706. The normalized spacial score (nSPS) is 15.5. The molecule has 0 saturated heterocycles. The third-order valence-corrected chi connectivity index (χ3v) is 4.17. The second kappa shape index (κ2) is 5.68. The van der Waals surface area contributed by atoms with Crippen molar-refractivity contribution in [1.82, 2.24) is 19.5 Å².